The molecule has 2 aliphatic heterocycles. The van der Waals surface area contributed by atoms with Crippen LogP contribution in [0.15, 0.2) is 24.3 Å². The van der Waals surface area contributed by atoms with Gasteiger partial charge in [0.2, 0.25) is 5.91 Å². The van der Waals surface area contributed by atoms with E-state index in [4.69, 9.17) is 10.5 Å². The lowest BCUT2D eigenvalue weighted by molar-refractivity contribution is -0.140. The third-order valence-corrected chi connectivity index (χ3v) is 4.59. The maximum Gasteiger partial charge on any atom is 0.242 e. The van der Waals surface area contributed by atoms with E-state index in [1.807, 2.05) is 17.0 Å². The molecule has 0 unspecified atom stereocenters. The predicted octanol–water partition coefficient (Wildman–Crippen LogP) is 1.39. The van der Waals surface area contributed by atoms with E-state index in [1.165, 1.54) is 0 Å². The summed E-state index contributed by atoms with van der Waals surface area (Å²) >= 11 is 0. The molecular formula is C16H25Cl2N3O3. The molecule has 2 fully saturated rings. The first kappa shape index (κ1) is 20.8. The second kappa shape index (κ2) is 8.76. The number of carbonyl (C=O) groups excluding carboxylic acids is 1. The van der Waals surface area contributed by atoms with Crippen molar-refractivity contribution in [3.05, 3.63) is 24.3 Å². The van der Waals surface area contributed by atoms with Gasteiger partial charge in [-0.1, -0.05) is 0 Å². The smallest absolute Gasteiger partial charge is 0.242 e. The molecular weight excluding hydrogens is 353 g/mol. The highest BCUT2D eigenvalue weighted by Gasteiger charge is 2.39. The van der Waals surface area contributed by atoms with E-state index in [1.54, 1.807) is 12.1 Å². The molecule has 1 aromatic carbocycles. The first-order chi connectivity index (χ1) is 10.6. The zero-order valence-electron chi connectivity index (χ0n) is 13.5. The summed E-state index contributed by atoms with van der Waals surface area (Å²) in [6.07, 6.45) is 1.20. The van der Waals surface area contributed by atoms with E-state index in [2.05, 4.69) is 4.90 Å². The average Bonchev–Trinajstić information content (AvgIpc) is 2.56. The fourth-order valence-corrected chi connectivity index (χ4v) is 3.10. The highest BCUT2D eigenvalue weighted by atomic mass is 35.5. The number of amides is 1. The predicted molar refractivity (Wildman–Crippen MR) is 98.4 cm³/mol. The number of halogens is 2. The van der Waals surface area contributed by atoms with Gasteiger partial charge < -0.3 is 25.4 Å². The highest BCUT2D eigenvalue weighted by Crippen LogP contribution is 2.23. The number of nitrogens with zero attached hydrogens (tertiary/aromatic N) is 2. The molecule has 2 aliphatic rings. The molecule has 0 saturated carbocycles. The minimum atomic E-state index is -0.751. The van der Waals surface area contributed by atoms with Gasteiger partial charge in [-0.15, -0.1) is 24.8 Å². The number of phenols is 1. The lowest BCUT2D eigenvalue weighted by atomic mass is 9.89. The number of anilines is 1. The van der Waals surface area contributed by atoms with Crippen LogP contribution < -0.4 is 10.6 Å². The van der Waals surface area contributed by atoms with E-state index >= 15 is 0 Å². The molecule has 1 aromatic rings. The van der Waals surface area contributed by atoms with Gasteiger partial charge >= 0.3 is 0 Å². The molecule has 0 bridgehead atoms. The fraction of sp³-hybridized carbons (Fsp3) is 0.562. The number of rotatable bonds is 2. The highest BCUT2D eigenvalue weighted by molar-refractivity contribution is 5.86. The zero-order valence-corrected chi connectivity index (χ0v) is 15.2. The van der Waals surface area contributed by atoms with Gasteiger partial charge in [-0.2, -0.15) is 0 Å². The van der Waals surface area contributed by atoms with Crippen LogP contribution in [0.25, 0.3) is 0 Å². The van der Waals surface area contributed by atoms with E-state index in [9.17, 15) is 9.90 Å². The maximum atomic E-state index is 12.7. The van der Waals surface area contributed by atoms with Crippen LogP contribution in [0, 0.1) is 0 Å². The second-order valence-electron chi connectivity index (χ2n) is 6.06. The standard InChI is InChI=1S/C16H23N3O3.2ClH/c17-16(5-11-22-12-6-16)15(21)19-9-7-18(8-10-19)13-1-3-14(20)4-2-13;;/h1-4,20H,5-12,17H2;2*1H. The summed E-state index contributed by atoms with van der Waals surface area (Å²) in [6.45, 7) is 4.05. The molecule has 2 heterocycles. The molecule has 2 saturated heterocycles. The molecule has 0 atom stereocenters. The summed E-state index contributed by atoms with van der Waals surface area (Å²) in [7, 11) is 0. The van der Waals surface area contributed by atoms with Gasteiger partial charge in [0.1, 0.15) is 5.75 Å². The number of hydrogen-bond donors (Lipinski definition) is 2. The summed E-state index contributed by atoms with van der Waals surface area (Å²) in [5, 5.41) is 9.35. The van der Waals surface area contributed by atoms with Crippen LogP contribution in [0.1, 0.15) is 12.8 Å². The Bertz CT molecular complexity index is 528. The second-order valence-corrected chi connectivity index (χ2v) is 6.06. The Balaban J connectivity index is 0.00000144. The van der Waals surface area contributed by atoms with Crippen molar-refractivity contribution >= 4 is 36.4 Å². The van der Waals surface area contributed by atoms with Gasteiger partial charge in [0.05, 0.1) is 5.54 Å². The molecule has 3 N–H and O–H groups in total. The summed E-state index contributed by atoms with van der Waals surface area (Å²) in [4.78, 5) is 16.8. The Morgan fingerprint density at radius 2 is 1.58 bits per heavy atom. The van der Waals surface area contributed by atoms with Crippen LogP contribution >= 0.6 is 24.8 Å². The van der Waals surface area contributed by atoms with Gasteiger partial charge in [0, 0.05) is 45.1 Å². The van der Waals surface area contributed by atoms with Gasteiger partial charge in [-0.25, -0.2) is 0 Å². The number of nitrogens with two attached hydrogens (primary N) is 1. The SMILES string of the molecule is Cl.Cl.NC1(C(=O)N2CCN(c3ccc(O)cc3)CC2)CCOCC1. The molecule has 24 heavy (non-hydrogen) atoms. The molecule has 1 amide bonds. The third-order valence-electron chi connectivity index (χ3n) is 4.59. The first-order valence-corrected chi connectivity index (χ1v) is 7.78. The van der Waals surface area contributed by atoms with Gasteiger partial charge in [0.25, 0.3) is 0 Å². The van der Waals surface area contributed by atoms with Crippen LogP contribution in [0.4, 0.5) is 5.69 Å². The summed E-state index contributed by atoms with van der Waals surface area (Å²) in [5.41, 5.74) is 6.60. The first-order valence-electron chi connectivity index (χ1n) is 7.78. The van der Waals surface area contributed by atoms with Crippen molar-refractivity contribution in [2.45, 2.75) is 18.4 Å². The molecule has 0 radical (unpaired) electrons. The van der Waals surface area contributed by atoms with Crippen LogP contribution in [0.3, 0.4) is 0 Å². The summed E-state index contributed by atoms with van der Waals surface area (Å²) < 4.78 is 5.31. The van der Waals surface area contributed by atoms with E-state index in [0.29, 0.717) is 39.1 Å². The molecule has 136 valence electrons. The Hall–Kier alpha value is -1.21. The van der Waals surface area contributed by atoms with Gasteiger partial charge in [-0.05, 0) is 37.1 Å². The number of ether oxygens (including phenoxy) is 1. The van der Waals surface area contributed by atoms with Crippen LogP contribution in [-0.4, -0.2) is 60.8 Å². The molecule has 0 aromatic heterocycles. The van der Waals surface area contributed by atoms with Gasteiger partial charge in [-0.3, -0.25) is 4.79 Å². The van der Waals surface area contributed by atoms with Crippen LogP contribution in [0.2, 0.25) is 0 Å². The molecule has 8 heteroatoms. The minimum absolute atomic E-state index is 0. The maximum absolute atomic E-state index is 12.7. The normalized spacial score (nSPS) is 19.9. The number of carbonyl (C=O) groups is 1. The van der Waals surface area contributed by atoms with Crippen molar-refractivity contribution in [2.24, 2.45) is 5.73 Å². The summed E-state index contributed by atoms with van der Waals surface area (Å²) in [5.74, 6) is 0.323. The van der Waals surface area contributed by atoms with Crippen molar-refractivity contribution in [1.82, 2.24) is 4.90 Å². The lowest BCUT2D eigenvalue weighted by Crippen LogP contribution is -2.61. The van der Waals surface area contributed by atoms with Gasteiger partial charge in [0.15, 0.2) is 0 Å². The minimum Gasteiger partial charge on any atom is -0.508 e. The number of aromatic hydroxyl groups is 1. The molecule has 0 spiro atoms. The molecule has 6 nitrogen and oxygen atoms in total. The monoisotopic (exact) mass is 377 g/mol. The number of benzene rings is 1. The van der Waals surface area contributed by atoms with Crippen LogP contribution in [-0.2, 0) is 9.53 Å². The van der Waals surface area contributed by atoms with E-state index in [-0.39, 0.29) is 36.5 Å². The Kier molecular flexibility index (Phi) is 7.60. The largest absolute Gasteiger partial charge is 0.508 e. The third kappa shape index (κ3) is 4.45. The van der Waals surface area contributed by atoms with E-state index in [0.717, 1.165) is 18.8 Å². The Morgan fingerprint density at radius 1 is 1.04 bits per heavy atom. The number of phenolic OH excluding ortho intramolecular Hbond substituents is 1. The number of hydrogen-bond acceptors (Lipinski definition) is 5. The Morgan fingerprint density at radius 3 is 2.12 bits per heavy atom. The lowest BCUT2D eigenvalue weighted by Gasteiger charge is -2.41. The topological polar surface area (TPSA) is 79.0 Å². The summed E-state index contributed by atoms with van der Waals surface area (Å²) in [6, 6.07) is 7.17. The Labute approximate surface area is 154 Å². The average molecular weight is 378 g/mol. The number of piperazine rings is 1. The van der Waals surface area contributed by atoms with Crippen LogP contribution in [0.5, 0.6) is 5.75 Å². The van der Waals surface area contributed by atoms with Crippen molar-refractivity contribution in [2.75, 3.05) is 44.3 Å². The van der Waals surface area contributed by atoms with Crippen molar-refractivity contribution in [1.29, 1.82) is 0 Å². The van der Waals surface area contributed by atoms with Crippen molar-refractivity contribution in [3.8, 4) is 5.75 Å². The zero-order chi connectivity index (χ0) is 15.6. The molecule has 3 rings (SSSR count). The fourth-order valence-electron chi connectivity index (χ4n) is 3.10. The molecule has 0 aliphatic carbocycles. The van der Waals surface area contributed by atoms with Crippen molar-refractivity contribution in [3.63, 3.8) is 0 Å². The van der Waals surface area contributed by atoms with E-state index < -0.39 is 5.54 Å². The van der Waals surface area contributed by atoms with Crippen molar-refractivity contribution < 1.29 is 14.6 Å². The quantitative estimate of drug-likeness (QED) is 0.813.